The van der Waals surface area contributed by atoms with E-state index in [-0.39, 0.29) is 18.2 Å². The summed E-state index contributed by atoms with van der Waals surface area (Å²) in [5.74, 6) is -0.597. The van der Waals surface area contributed by atoms with Crippen molar-refractivity contribution in [2.24, 2.45) is 7.05 Å². The van der Waals surface area contributed by atoms with E-state index in [1.807, 2.05) is 30.1 Å². The number of anilines is 1. The molecule has 1 aromatic heterocycles. The molecule has 2 atom stereocenters. The Kier molecular flexibility index (Phi) is 5.83. The molecule has 36 heavy (non-hydrogen) atoms. The molecule has 6 rings (SSSR count). The third kappa shape index (κ3) is 3.99. The molecular formula is C27H29N5O4. The van der Waals surface area contributed by atoms with E-state index < -0.39 is 12.3 Å². The number of hydrogen-bond acceptors (Lipinski definition) is 7. The lowest BCUT2D eigenvalue weighted by molar-refractivity contribution is -0.141. The lowest BCUT2D eigenvalue weighted by atomic mass is 9.98. The number of piperidine rings is 1. The summed E-state index contributed by atoms with van der Waals surface area (Å²) in [4.78, 5) is 28.1. The van der Waals surface area contributed by atoms with E-state index in [0.717, 1.165) is 59.8 Å². The lowest BCUT2D eigenvalue weighted by Crippen LogP contribution is -2.51. The van der Waals surface area contributed by atoms with E-state index in [4.69, 9.17) is 4.74 Å². The Hall–Kier alpha value is -3.53. The van der Waals surface area contributed by atoms with Gasteiger partial charge in [0.1, 0.15) is 6.23 Å². The second-order valence-electron chi connectivity index (χ2n) is 9.60. The maximum Gasteiger partial charge on any atom is 0.244 e. The van der Waals surface area contributed by atoms with Gasteiger partial charge in [-0.2, -0.15) is 5.10 Å². The van der Waals surface area contributed by atoms with E-state index >= 15 is 0 Å². The van der Waals surface area contributed by atoms with E-state index in [1.165, 1.54) is 5.69 Å². The van der Waals surface area contributed by atoms with Crippen molar-refractivity contribution < 1.29 is 19.4 Å². The molecule has 2 unspecified atom stereocenters. The fraction of sp³-hybridized carbons (Fsp3) is 0.370. The van der Waals surface area contributed by atoms with Crippen LogP contribution in [0, 0.1) is 0 Å². The summed E-state index contributed by atoms with van der Waals surface area (Å²) in [6.45, 7) is 3.74. The van der Waals surface area contributed by atoms with Crippen LogP contribution < -0.4 is 10.2 Å². The van der Waals surface area contributed by atoms with Gasteiger partial charge in [-0.15, -0.1) is 0 Å². The molecule has 2 aromatic carbocycles. The molecule has 3 aliphatic heterocycles. The van der Waals surface area contributed by atoms with Crippen molar-refractivity contribution in [3.8, 4) is 22.4 Å². The molecule has 2 saturated heterocycles. The Balaban J connectivity index is 1.27. The number of aliphatic hydroxyl groups is 1. The molecule has 0 aliphatic carbocycles. The molecule has 3 aliphatic rings. The molecule has 0 saturated carbocycles. The quantitative estimate of drug-likeness (QED) is 0.545. The largest absolute Gasteiger partial charge is 0.378 e. The number of nitrogens with zero attached hydrogens (tertiary/aromatic N) is 4. The van der Waals surface area contributed by atoms with Gasteiger partial charge < -0.3 is 14.7 Å². The lowest BCUT2D eigenvalue weighted by Gasteiger charge is -2.31. The van der Waals surface area contributed by atoms with Crippen molar-refractivity contribution in [2.45, 2.75) is 31.7 Å². The van der Waals surface area contributed by atoms with E-state index in [0.29, 0.717) is 13.0 Å². The van der Waals surface area contributed by atoms with Gasteiger partial charge in [-0.25, -0.2) is 0 Å². The van der Waals surface area contributed by atoms with Gasteiger partial charge in [-0.05, 0) is 41.3 Å². The van der Waals surface area contributed by atoms with Crippen LogP contribution in [0.3, 0.4) is 0 Å². The van der Waals surface area contributed by atoms with E-state index in [2.05, 4.69) is 45.6 Å². The van der Waals surface area contributed by atoms with Crippen LogP contribution in [0.1, 0.15) is 30.2 Å². The fourth-order valence-corrected chi connectivity index (χ4v) is 5.55. The zero-order valence-corrected chi connectivity index (χ0v) is 20.2. The number of aromatic nitrogens is 2. The van der Waals surface area contributed by atoms with E-state index in [1.54, 1.807) is 4.90 Å². The van der Waals surface area contributed by atoms with Gasteiger partial charge in [0.25, 0.3) is 0 Å². The molecule has 2 N–H and O–H groups in total. The topological polar surface area (TPSA) is 99.9 Å². The first-order chi connectivity index (χ1) is 17.5. The third-order valence-corrected chi connectivity index (χ3v) is 7.47. The Labute approximate surface area is 209 Å². The van der Waals surface area contributed by atoms with Gasteiger partial charge in [-0.1, -0.05) is 24.3 Å². The normalized spacial score (nSPS) is 22.6. The van der Waals surface area contributed by atoms with Gasteiger partial charge in [0, 0.05) is 49.9 Å². The van der Waals surface area contributed by atoms with Crippen LogP contribution in [0.2, 0.25) is 0 Å². The summed E-state index contributed by atoms with van der Waals surface area (Å²) in [6, 6.07) is 14.0. The first-order valence-electron chi connectivity index (χ1n) is 12.4. The third-order valence-electron chi connectivity index (χ3n) is 7.47. The number of morpholine rings is 1. The minimum atomic E-state index is -0.876. The van der Waals surface area contributed by atoms with Crippen LogP contribution in [0.5, 0.6) is 0 Å². The fourth-order valence-electron chi connectivity index (χ4n) is 5.55. The molecular weight excluding hydrogens is 458 g/mol. The molecule has 0 bridgehead atoms. The highest BCUT2D eigenvalue weighted by Crippen LogP contribution is 2.39. The first-order valence-corrected chi connectivity index (χ1v) is 12.4. The van der Waals surface area contributed by atoms with Gasteiger partial charge in [-0.3, -0.25) is 24.5 Å². The zero-order chi connectivity index (χ0) is 24.8. The number of amides is 2. The van der Waals surface area contributed by atoms with Crippen molar-refractivity contribution in [1.29, 1.82) is 0 Å². The van der Waals surface area contributed by atoms with Crippen molar-refractivity contribution >= 4 is 17.5 Å². The standard InChI is InChI=1S/C27H29N5O4/c1-30-25(17-2-5-20(6-3-17)31-10-12-36-13-11-31)22(15-28-30)18-4-7-21-19(14-18)16-32(27(21)35)23-8-9-24(33)29-26(23)34/h2-7,14-15,23,27,35H,8-13,16H2,1H3,(H,29,33,34). The van der Waals surface area contributed by atoms with Gasteiger partial charge in [0.05, 0.1) is 31.1 Å². The predicted octanol–water partition coefficient (Wildman–Crippen LogP) is 2.20. The number of rotatable bonds is 4. The number of fused-ring (bicyclic) bond motifs is 1. The van der Waals surface area contributed by atoms with Gasteiger partial charge >= 0.3 is 0 Å². The predicted molar refractivity (Wildman–Crippen MR) is 134 cm³/mol. The Bertz CT molecular complexity index is 1310. The van der Waals surface area contributed by atoms with Crippen molar-refractivity contribution in [3.63, 3.8) is 0 Å². The molecule has 4 heterocycles. The van der Waals surface area contributed by atoms with Gasteiger partial charge in [0.2, 0.25) is 11.8 Å². The average molecular weight is 488 g/mol. The average Bonchev–Trinajstić information content (AvgIpc) is 3.44. The summed E-state index contributed by atoms with van der Waals surface area (Å²) in [7, 11) is 1.94. The smallest absolute Gasteiger partial charge is 0.244 e. The van der Waals surface area contributed by atoms with Crippen molar-refractivity contribution in [3.05, 3.63) is 59.8 Å². The summed E-state index contributed by atoms with van der Waals surface area (Å²) in [6.07, 6.45) is 1.69. The van der Waals surface area contributed by atoms with Crippen LogP contribution in [-0.4, -0.2) is 63.9 Å². The molecule has 0 radical (unpaired) electrons. The second-order valence-corrected chi connectivity index (χ2v) is 9.60. The highest BCUT2D eigenvalue weighted by molar-refractivity contribution is 6.00. The minimum absolute atomic E-state index is 0.258. The monoisotopic (exact) mass is 487 g/mol. The first kappa shape index (κ1) is 22.9. The number of carbonyl (C=O) groups excluding carboxylic acids is 2. The minimum Gasteiger partial charge on any atom is -0.378 e. The summed E-state index contributed by atoms with van der Waals surface area (Å²) in [5.41, 5.74) is 7.06. The van der Waals surface area contributed by atoms with Crippen LogP contribution >= 0.6 is 0 Å². The summed E-state index contributed by atoms with van der Waals surface area (Å²) in [5, 5.41) is 17.9. The molecule has 186 valence electrons. The van der Waals surface area contributed by atoms with Crippen LogP contribution in [0.4, 0.5) is 5.69 Å². The number of ether oxygens (including phenoxy) is 1. The molecule has 9 nitrogen and oxygen atoms in total. The van der Waals surface area contributed by atoms with Crippen LogP contribution in [0.15, 0.2) is 48.7 Å². The molecule has 2 fully saturated rings. The maximum absolute atomic E-state index is 12.4. The number of imide groups is 1. The summed E-state index contributed by atoms with van der Waals surface area (Å²) < 4.78 is 7.35. The van der Waals surface area contributed by atoms with Crippen molar-refractivity contribution in [2.75, 3.05) is 31.2 Å². The van der Waals surface area contributed by atoms with Crippen LogP contribution in [-0.2, 0) is 27.9 Å². The molecule has 9 heteroatoms. The Morgan fingerprint density at radius 1 is 1.06 bits per heavy atom. The number of nitrogens with one attached hydrogen (secondary N) is 1. The number of carbonyl (C=O) groups is 2. The molecule has 2 amide bonds. The SMILES string of the molecule is Cn1ncc(-c2ccc3c(c2)CN(C2CCC(=O)NC2=O)C3O)c1-c1ccc(N2CCOCC2)cc1. The highest BCUT2D eigenvalue weighted by Gasteiger charge is 2.39. The molecule has 0 spiro atoms. The maximum atomic E-state index is 12.4. The van der Waals surface area contributed by atoms with E-state index in [9.17, 15) is 14.7 Å². The number of aryl methyl sites for hydroxylation is 1. The molecule has 3 aromatic rings. The van der Waals surface area contributed by atoms with Crippen LogP contribution in [0.25, 0.3) is 22.4 Å². The Morgan fingerprint density at radius 2 is 1.81 bits per heavy atom. The number of hydrogen-bond donors (Lipinski definition) is 2. The Morgan fingerprint density at radius 3 is 2.56 bits per heavy atom. The van der Waals surface area contributed by atoms with Crippen molar-refractivity contribution in [1.82, 2.24) is 20.0 Å². The second kappa shape index (κ2) is 9.16. The zero-order valence-electron chi connectivity index (χ0n) is 20.2. The highest BCUT2D eigenvalue weighted by atomic mass is 16.5. The summed E-state index contributed by atoms with van der Waals surface area (Å²) >= 11 is 0. The van der Waals surface area contributed by atoms with Gasteiger partial charge in [0.15, 0.2) is 0 Å². The number of aliphatic hydroxyl groups excluding tert-OH is 1. The number of benzene rings is 2.